The van der Waals surface area contributed by atoms with Gasteiger partial charge in [-0.25, -0.2) is 9.59 Å². The molecule has 0 spiro atoms. The van der Waals surface area contributed by atoms with Gasteiger partial charge < -0.3 is 29.2 Å². The van der Waals surface area contributed by atoms with Crippen LogP contribution in [0.15, 0.2) is 30.3 Å². The summed E-state index contributed by atoms with van der Waals surface area (Å²) in [7, 11) is 6.26. The van der Waals surface area contributed by atoms with Crippen LogP contribution in [0.2, 0.25) is 0 Å². The third-order valence-corrected chi connectivity index (χ3v) is 5.68. The number of aliphatic carboxylic acids is 2. The summed E-state index contributed by atoms with van der Waals surface area (Å²) in [5.41, 5.74) is 1.82. The van der Waals surface area contributed by atoms with Crippen molar-refractivity contribution in [3.05, 3.63) is 51.6 Å². The Morgan fingerprint density at radius 2 is 1.24 bits per heavy atom. The van der Waals surface area contributed by atoms with Gasteiger partial charge in [-0.15, -0.1) is 0 Å². The van der Waals surface area contributed by atoms with E-state index in [1.54, 1.807) is 20.3 Å². The van der Waals surface area contributed by atoms with E-state index in [1.807, 2.05) is 18.2 Å². The number of carboxylic acids is 2. The highest BCUT2D eigenvalue weighted by atomic mass is 16.6. The zero-order valence-electron chi connectivity index (χ0n) is 21.1. The van der Waals surface area contributed by atoms with Crippen molar-refractivity contribution in [1.29, 1.82) is 0 Å². The Kier molecular flexibility index (Phi) is 10.9. The highest BCUT2D eigenvalue weighted by Crippen LogP contribution is 2.35. The maximum Gasteiger partial charge on any atom is 0.414 e. The number of nitro benzene ring substituents is 1. The third-order valence-electron chi connectivity index (χ3n) is 5.68. The van der Waals surface area contributed by atoms with Crippen molar-refractivity contribution in [2.75, 3.05) is 54.6 Å². The number of rotatable bonds is 9. The summed E-state index contributed by atoms with van der Waals surface area (Å²) in [5.74, 6) is -1.36. The second kappa shape index (κ2) is 13.8. The summed E-state index contributed by atoms with van der Waals surface area (Å²) in [6, 6.07) is 9.09. The van der Waals surface area contributed by atoms with E-state index in [4.69, 9.17) is 38.7 Å². The fourth-order valence-corrected chi connectivity index (χ4v) is 3.79. The second-order valence-electron chi connectivity index (χ2n) is 7.94. The monoisotopic (exact) mass is 521 g/mol. The highest BCUT2D eigenvalue weighted by Gasteiger charge is 2.24. The van der Waals surface area contributed by atoms with Gasteiger partial charge in [-0.2, -0.15) is 0 Å². The van der Waals surface area contributed by atoms with E-state index >= 15 is 0 Å². The summed E-state index contributed by atoms with van der Waals surface area (Å²) in [6.45, 7) is 4.67. The molecule has 13 nitrogen and oxygen atoms in total. The molecule has 2 N–H and O–H groups in total. The van der Waals surface area contributed by atoms with E-state index < -0.39 is 11.9 Å². The first-order valence-corrected chi connectivity index (χ1v) is 11.1. The molecule has 0 unspecified atom stereocenters. The van der Waals surface area contributed by atoms with Crippen LogP contribution in [0.4, 0.5) is 5.69 Å². The van der Waals surface area contributed by atoms with Gasteiger partial charge in [0.15, 0.2) is 23.0 Å². The van der Waals surface area contributed by atoms with Crippen molar-refractivity contribution in [2.24, 2.45) is 0 Å². The van der Waals surface area contributed by atoms with Crippen molar-refractivity contribution >= 4 is 17.6 Å². The van der Waals surface area contributed by atoms with Crippen molar-refractivity contribution in [3.8, 4) is 23.0 Å². The topological polar surface area (TPSA) is 161 Å². The van der Waals surface area contributed by atoms with E-state index in [-0.39, 0.29) is 10.6 Å². The van der Waals surface area contributed by atoms with Crippen LogP contribution in [0.3, 0.4) is 0 Å². The number of piperazine rings is 1. The van der Waals surface area contributed by atoms with Crippen LogP contribution in [-0.4, -0.2) is 91.5 Å². The minimum absolute atomic E-state index is 0.0467. The molecule has 0 aromatic heterocycles. The molecule has 13 heteroatoms. The number of hydrogen-bond donors (Lipinski definition) is 2. The molecule has 3 rings (SSSR count). The van der Waals surface area contributed by atoms with Gasteiger partial charge in [-0.1, -0.05) is 6.07 Å². The molecule has 0 radical (unpaired) electrons. The fraction of sp³-hybridized carbons (Fsp3) is 0.417. The van der Waals surface area contributed by atoms with Gasteiger partial charge in [0.2, 0.25) is 0 Å². The lowest BCUT2D eigenvalue weighted by molar-refractivity contribution is -0.385. The molecule has 1 aliphatic rings. The quantitative estimate of drug-likeness (QED) is 0.281. The molecule has 0 aliphatic carbocycles. The van der Waals surface area contributed by atoms with Crippen LogP contribution < -0.4 is 18.9 Å². The SMILES string of the molecule is COc1ccc(CN2CCN(Cc3cc(OC)c(OC)cc3[N+](=O)[O-])CC2)cc1OC.O=C(O)C(=O)O. The number of benzene rings is 2. The molecule has 1 heterocycles. The van der Waals surface area contributed by atoms with Crippen molar-refractivity contribution in [3.63, 3.8) is 0 Å². The maximum absolute atomic E-state index is 11.5. The molecule has 37 heavy (non-hydrogen) atoms. The molecular weight excluding hydrogens is 490 g/mol. The Hall–Kier alpha value is -4.10. The largest absolute Gasteiger partial charge is 0.493 e. The number of hydrogen-bond acceptors (Lipinski definition) is 10. The smallest absolute Gasteiger partial charge is 0.414 e. The maximum atomic E-state index is 11.5. The zero-order chi connectivity index (χ0) is 27.5. The Balaban J connectivity index is 0.000000717. The van der Waals surface area contributed by atoms with Gasteiger partial charge in [-0.3, -0.25) is 19.9 Å². The van der Waals surface area contributed by atoms with E-state index in [0.29, 0.717) is 29.4 Å². The zero-order valence-corrected chi connectivity index (χ0v) is 21.1. The predicted molar refractivity (Wildman–Crippen MR) is 132 cm³/mol. The van der Waals surface area contributed by atoms with E-state index in [0.717, 1.165) is 44.0 Å². The van der Waals surface area contributed by atoms with Gasteiger partial charge in [-0.05, 0) is 23.8 Å². The normalized spacial score (nSPS) is 13.6. The lowest BCUT2D eigenvalue weighted by atomic mass is 10.1. The number of nitro groups is 1. The van der Waals surface area contributed by atoms with Gasteiger partial charge in [0.25, 0.3) is 5.69 Å². The van der Waals surface area contributed by atoms with Crippen molar-refractivity contribution in [2.45, 2.75) is 13.1 Å². The molecular formula is C24H31N3O10. The highest BCUT2D eigenvalue weighted by molar-refractivity contribution is 6.27. The van der Waals surface area contributed by atoms with Crippen LogP contribution >= 0.6 is 0 Å². The van der Waals surface area contributed by atoms with Crippen LogP contribution in [0.25, 0.3) is 0 Å². The van der Waals surface area contributed by atoms with E-state index in [9.17, 15) is 10.1 Å². The standard InChI is InChI=1S/C22H29N3O6.C2H2O4/c1-28-19-6-5-16(11-20(19)29-2)14-23-7-9-24(10-8-23)15-17-12-21(30-3)22(31-4)13-18(17)25(26)27;3-1(4)2(5)6/h5-6,11-13H,7-10,14-15H2,1-4H3;(H,3,4)(H,5,6). The van der Waals surface area contributed by atoms with Gasteiger partial charge in [0, 0.05) is 44.8 Å². The number of carboxylic acid groups (broad SMARTS) is 2. The summed E-state index contributed by atoms with van der Waals surface area (Å²) < 4.78 is 21.2. The third kappa shape index (κ3) is 8.22. The molecule has 2 aromatic carbocycles. The second-order valence-corrected chi connectivity index (χ2v) is 7.94. The summed E-state index contributed by atoms with van der Waals surface area (Å²) >= 11 is 0. The molecule has 0 saturated carbocycles. The number of ether oxygens (including phenoxy) is 4. The summed E-state index contributed by atoms with van der Waals surface area (Å²) in [6.07, 6.45) is 0. The molecule has 1 aliphatic heterocycles. The van der Waals surface area contributed by atoms with Crippen LogP contribution in [0, 0.1) is 10.1 Å². The lowest BCUT2D eigenvalue weighted by Crippen LogP contribution is -2.45. The van der Waals surface area contributed by atoms with Crippen LogP contribution in [0.1, 0.15) is 11.1 Å². The molecule has 0 atom stereocenters. The van der Waals surface area contributed by atoms with E-state index in [2.05, 4.69) is 9.80 Å². The van der Waals surface area contributed by atoms with E-state index in [1.165, 1.54) is 20.3 Å². The van der Waals surface area contributed by atoms with Gasteiger partial charge in [0.1, 0.15) is 0 Å². The Labute approximate surface area is 213 Å². The average Bonchev–Trinajstić information content (AvgIpc) is 2.89. The molecule has 0 bridgehead atoms. The molecule has 2 aromatic rings. The summed E-state index contributed by atoms with van der Waals surface area (Å²) in [5, 5.41) is 26.3. The van der Waals surface area contributed by atoms with Gasteiger partial charge >= 0.3 is 11.9 Å². The minimum Gasteiger partial charge on any atom is -0.493 e. The minimum atomic E-state index is -1.82. The molecule has 1 fully saturated rings. The average molecular weight is 522 g/mol. The Bertz CT molecular complexity index is 1090. The van der Waals surface area contributed by atoms with Crippen LogP contribution in [0.5, 0.6) is 23.0 Å². The number of carbonyl (C=O) groups is 2. The number of methoxy groups -OCH3 is 4. The Morgan fingerprint density at radius 1 is 0.784 bits per heavy atom. The Morgan fingerprint density at radius 3 is 1.70 bits per heavy atom. The molecule has 1 saturated heterocycles. The molecule has 0 amide bonds. The van der Waals surface area contributed by atoms with Crippen molar-refractivity contribution in [1.82, 2.24) is 9.80 Å². The molecule has 202 valence electrons. The lowest BCUT2D eigenvalue weighted by Gasteiger charge is -2.34. The van der Waals surface area contributed by atoms with Gasteiger partial charge in [0.05, 0.1) is 39.4 Å². The predicted octanol–water partition coefficient (Wildman–Crippen LogP) is 2.10. The first-order chi connectivity index (χ1) is 17.6. The fourth-order valence-electron chi connectivity index (χ4n) is 3.79. The number of nitrogens with zero attached hydrogens (tertiary/aromatic N) is 3. The van der Waals surface area contributed by atoms with Crippen molar-refractivity contribution < 1.29 is 43.7 Å². The van der Waals surface area contributed by atoms with Crippen LogP contribution in [-0.2, 0) is 22.7 Å². The first-order valence-electron chi connectivity index (χ1n) is 11.1. The summed E-state index contributed by atoms with van der Waals surface area (Å²) in [4.78, 5) is 34.0. The first kappa shape index (κ1) is 29.1.